The van der Waals surface area contributed by atoms with E-state index in [0.717, 1.165) is 12.1 Å². The number of nitrogens with zero attached hydrogens (tertiary/aromatic N) is 2. The Balaban J connectivity index is 2.16. The molecule has 0 aromatic carbocycles. The third-order valence-electron chi connectivity index (χ3n) is 3.74. The number of hydrogen-bond acceptors (Lipinski definition) is 3. The first kappa shape index (κ1) is 8.83. The lowest BCUT2D eigenvalue weighted by molar-refractivity contribution is 0.467. The van der Waals surface area contributed by atoms with Crippen LogP contribution in [0.2, 0.25) is 0 Å². The first-order chi connectivity index (χ1) is 7.15. The van der Waals surface area contributed by atoms with E-state index < -0.39 is 0 Å². The van der Waals surface area contributed by atoms with Crippen LogP contribution in [0.3, 0.4) is 0 Å². The van der Waals surface area contributed by atoms with E-state index in [1.165, 1.54) is 6.33 Å². The second-order valence-corrected chi connectivity index (χ2v) is 4.75. The minimum atomic E-state index is -0.125. The van der Waals surface area contributed by atoms with Gasteiger partial charge in [-0.1, -0.05) is 13.8 Å². The summed E-state index contributed by atoms with van der Waals surface area (Å²) < 4.78 is 0. The van der Waals surface area contributed by atoms with Gasteiger partial charge in [0, 0.05) is 17.5 Å². The molecule has 0 radical (unpaired) electrons. The lowest BCUT2D eigenvalue weighted by Crippen LogP contribution is -2.20. The van der Waals surface area contributed by atoms with E-state index in [1.807, 2.05) is 6.21 Å². The number of aliphatic imine (C=N–C) groups is 1. The summed E-state index contributed by atoms with van der Waals surface area (Å²) >= 11 is 0. The van der Waals surface area contributed by atoms with Gasteiger partial charge in [0.25, 0.3) is 5.56 Å². The topological polar surface area (TPSA) is 58.1 Å². The third-order valence-corrected chi connectivity index (χ3v) is 3.74. The molecule has 4 nitrogen and oxygen atoms in total. The molecule has 2 aliphatic rings. The quantitative estimate of drug-likeness (QED) is 0.753. The average molecular weight is 203 g/mol. The first-order valence-corrected chi connectivity index (χ1v) is 5.28. The highest BCUT2D eigenvalue weighted by atomic mass is 16.1. The highest BCUT2D eigenvalue weighted by Gasteiger charge is 2.59. The van der Waals surface area contributed by atoms with Crippen LogP contribution in [0.15, 0.2) is 16.1 Å². The minimum Gasteiger partial charge on any atom is -0.311 e. The number of hydrogen-bond donors (Lipinski definition) is 1. The van der Waals surface area contributed by atoms with Crippen molar-refractivity contribution in [1.29, 1.82) is 0 Å². The van der Waals surface area contributed by atoms with Gasteiger partial charge in [-0.05, 0) is 12.3 Å². The SMILES string of the molecule is CC(C)C12C=Nc3c(nc[nH]c3=O)C1C2. The zero-order valence-electron chi connectivity index (χ0n) is 8.82. The molecule has 78 valence electrons. The van der Waals surface area contributed by atoms with Gasteiger partial charge in [-0.15, -0.1) is 0 Å². The molecule has 2 atom stereocenters. The van der Waals surface area contributed by atoms with Crippen molar-refractivity contribution in [2.75, 3.05) is 0 Å². The summed E-state index contributed by atoms with van der Waals surface area (Å²) in [5.74, 6) is 0.966. The van der Waals surface area contributed by atoms with Crippen molar-refractivity contribution in [3.8, 4) is 0 Å². The Hall–Kier alpha value is -1.45. The summed E-state index contributed by atoms with van der Waals surface area (Å²) in [7, 11) is 0. The minimum absolute atomic E-state index is 0.125. The van der Waals surface area contributed by atoms with Crippen LogP contribution in [0, 0.1) is 11.3 Å². The van der Waals surface area contributed by atoms with E-state index >= 15 is 0 Å². The van der Waals surface area contributed by atoms with E-state index in [0.29, 0.717) is 17.5 Å². The van der Waals surface area contributed by atoms with Gasteiger partial charge < -0.3 is 4.98 Å². The zero-order chi connectivity index (χ0) is 10.6. The van der Waals surface area contributed by atoms with Crippen LogP contribution in [0.5, 0.6) is 0 Å². The largest absolute Gasteiger partial charge is 0.311 e. The molecule has 0 saturated heterocycles. The van der Waals surface area contributed by atoms with Crippen LogP contribution < -0.4 is 5.56 Å². The van der Waals surface area contributed by atoms with Gasteiger partial charge in [0.1, 0.15) is 5.69 Å². The van der Waals surface area contributed by atoms with Gasteiger partial charge in [-0.3, -0.25) is 9.79 Å². The van der Waals surface area contributed by atoms with Gasteiger partial charge in [-0.2, -0.15) is 0 Å². The Labute approximate surface area is 87.5 Å². The molecule has 1 aromatic rings. The molecule has 2 unspecified atom stereocenters. The lowest BCUT2D eigenvalue weighted by Gasteiger charge is -2.20. The molecule has 1 aliphatic heterocycles. The summed E-state index contributed by atoms with van der Waals surface area (Å²) in [5.41, 5.74) is 1.44. The highest BCUT2D eigenvalue weighted by Crippen LogP contribution is 2.64. The van der Waals surface area contributed by atoms with Crippen molar-refractivity contribution in [1.82, 2.24) is 9.97 Å². The van der Waals surface area contributed by atoms with Crippen molar-refractivity contribution in [3.63, 3.8) is 0 Å². The van der Waals surface area contributed by atoms with E-state index in [4.69, 9.17) is 0 Å². The van der Waals surface area contributed by atoms with Crippen LogP contribution in [0.4, 0.5) is 5.69 Å². The number of rotatable bonds is 1. The predicted octanol–water partition coefficient (Wildman–Crippen LogP) is 1.62. The van der Waals surface area contributed by atoms with Gasteiger partial charge in [0.15, 0.2) is 0 Å². The van der Waals surface area contributed by atoms with E-state index in [2.05, 4.69) is 28.8 Å². The standard InChI is InChI=1S/C11H13N3O/c1-6(2)11-3-7(11)8-9(12-4-11)10(15)14-5-13-8/h4-7H,3H2,1-2H3,(H,13,14,15). The lowest BCUT2D eigenvalue weighted by atomic mass is 9.88. The second kappa shape index (κ2) is 2.56. The average Bonchev–Trinajstić information content (AvgIpc) is 2.94. The Morgan fingerprint density at radius 1 is 1.60 bits per heavy atom. The molecule has 1 fully saturated rings. The molecule has 15 heavy (non-hydrogen) atoms. The highest BCUT2D eigenvalue weighted by molar-refractivity contribution is 5.80. The smallest absolute Gasteiger partial charge is 0.276 e. The fourth-order valence-corrected chi connectivity index (χ4v) is 2.55. The monoisotopic (exact) mass is 203 g/mol. The molecule has 4 heteroatoms. The van der Waals surface area contributed by atoms with Gasteiger partial charge in [0.05, 0.1) is 12.0 Å². The van der Waals surface area contributed by atoms with Crippen LogP contribution in [0.1, 0.15) is 31.9 Å². The normalized spacial score (nSPS) is 31.3. The van der Waals surface area contributed by atoms with E-state index in [-0.39, 0.29) is 11.0 Å². The van der Waals surface area contributed by atoms with Crippen LogP contribution in [-0.4, -0.2) is 16.2 Å². The molecule has 1 N–H and O–H groups in total. The predicted molar refractivity (Wildman–Crippen MR) is 57.6 cm³/mol. The number of H-pyrrole nitrogens is 1. The van der Waals surface area contributed by atoms with Crippen molar-refractivity contribution in [2.45, 2.75) is 26.2 Å². The Morgan fingerprint density at radius 2 is 2.40 bits per heavy atom. The van der Waals surface area contributed by atoms with Crippen molar-refractivity contribution < 1.29 is 0 Å². The summed E-state index contributed by atoms with van der Waals surface area (Å²) in [6.45, 7) is 4.40. The Kier molecular flexibility index (Phi) is 1.51. The Morgan fingerprint density at radius 3 is 3.13 bits per heavy atom. The molecule has 1 aromatic heterocycles. The van der Waals surface area contributed by atoms with Crippen LogP contribution in [-0.2, 0) is 0 Å². The van der Waals surface area contributed by atoms with Crippen LogP contribution in [0.25, 0.3) is 0 Å². The fraction of sp³-hybridized carbons (Fsp3) is 0.545. The summed E-state index contributed by atoms with van der Waals surface area (Å²) in [6, 6.07) is 0. The maximum atomic E-state index is 11.5. The van der Waals surface area contributed by atoms with Gasteiger partial charge in [-0.25, -0.2) is 4.98 Å². The molecule has 1 saturated carbocycles. The fourth-order valence-electron chi connectivity index (χ4n) is 2.55. The molecule has 1 aliphatic carbocycles. The number of aromatic nitrogens is 2. The second-order valence-electron chi connectivity index (χ2n) is 4.75. The number of fused-ring (bicyclic) bond motifs is 3. The molecular formula is C11H13N3O. The molecule has 3 rings (SSSR count). The molecule has 0 amide bonds. The van der Waals surface area contributed by atoms with Gasteiger partial charge in [0.2, 0.25) is 0 Å². The maximum Gasteiger partial charge on any atom is 0.276 e. The molecular weight excluding hydrogens is 190 g/mol. The molecule has 2 heterocycles. The van der Waals surface area contributed by atoms with E-state index in [1.54, 1.807) is 0 Å². The first-order valence-electron chi connectivity index (χ1n) is 5.28. The summed E-state index contributed by atoms with van der Waals surface area (Å²) in [5, 5.41) is 0. The van der Waals surface area contributed by atoms with Gasteiger partial charge >= 0.3 is 0 Å². The van der Waals surface area contributed by atoms with Crippen molar-refractivity contribution in [2.24, 2.45) is 16.3 Å². The Bertz CT molecular complexity index is 503. The van der Waals surface area contributed by atoms with Crippen molar-refractivity contribution in [3.05, 3.63) is 22.4 Å². The number of aromatic amines is 1. The van der Waals surface area contributed by atoms with Crippen molar-refractivity contribution >= 4 is 11.9 Å². The summed E-state index contributed by atoms with van der Waals surface area (Å²) in [4.78, 5) is 22.6. The van der Waals surface area contributed by atoms with Crippen LogP contribution >= 0.6 is 0 Å². The maximum absolute atomic E-state index is 11.5. The third kappa shape index (κ3) is 0.991. The molecule has 0 bridgehead atoms. The van der Waals surface area contributed by atoms with E-state index in [9.17, 15) is 4.79 Å². The number of nitrogens with one attached hydrogen (secondary N) is 1. The molecule has 0 spiro atoms. The summed E-state index contributed by atoms with van der Waals surface area (Å²) in [6.07, 6.45) is 4.52. The zero-order valence-corrected chi connectivity index (χ0v) is 8.82.